The minimum absolute atomic E-state index is 0.0863. The van der Waals surface area contributed by atoms with E-state index in [9.17, 15) is 14.4 Å². The van der Waals surface area contributed by atoms with Crippen molar-refractivity contribution >= 4 is 17.9 Å². The molecule has 18 heavy (non-hydrogen) atoms. The van der Waals surface area contributed by atoms with E-state index in [1.54, 1.807) is 0 Å². The van der Waals surface area contributed by atoms with Crippen LogP contribution in [0.5, 0.6) is 0 Å². The molecule has 8 nitrogen and oxygen atoms in total. The summed E-state index contributed by atoms with van der Waals surface area (Å²) >= 11 is 0. The third-order valence-corrected chi connectivity index (χ3v) is 2.37. The van der Waals surface area contributed by atoms with Crippen LogP contribution >= 0.6 is 0 Å². The highest BCUT2D eigenvalue weighted by molar-refractivity contribution is 5.86. The first-order valence-corrected chi connectivity index (χ1v) is 5.70. The highest BCUT2D eigenvalue weighted by Crippen LogP contribution is 2.18. The molecule has 8 heteroatoms. The van der Waals surface area contributed by atoms with Crippen molar-refractivity contribution in [3.63, 3.8) is 0 Å². The Morgan fingerprint density at radius 2 is 1.94 bits per heavy atom. The Labute approximate surface area is 104 Å². The molecule has 1 fully saturated rings. The Morgan fingerprint density at radius 3 is 2.44 bits per heavy atom. The van der Waals surface area contributed by atoms with Gasteiger partial charge in [-0.1, -0.05) is 0 Å². The van der Waals surface area contributed by atoms with Gasteiger partial charge in [0.05, 0.1) is 6.54 Å². The lowest BCUT2D eigenvalue weighted by Gasteiger charge is -2.13. The van der Waals surface area contributed by atoms with Gasteiger partial charge in [-0.25, -0.2) is 9.59 Å². The van der Waals surface area contributed by atoms with Crippen LogP contribution in [0.25, 0.3) is 0 Å². The molecule has 0 unspecified atom stereocenters. The molecule has 0 aromatic heterocycles. The molecule has 1 aliphatic rings. The molecule has 0 heterocycles. The minimum atomic E-state index is -1.23. The van der Waals surface area contributed by atoms with Gasteiger partial charge >= 0.3 is 12.0 Å². The zero-order valence-electron chi connectivity index (χ0n) is 9.81. The molecule has 3 amide bonds. The van der Waals surface area contributed by atoms with Crippen LogP contribution in [0.4, 0.5) is 4.79 Å². The fraction of sp³-hybridized carbons (Fsp3) is 0.700. The van der Waals surface area contributed by atoms with Gasteiger partial charge in [0.25, 0.3) is 0 Å². The number of carboxylic acids is 1. The first-order valence-electron chi connectivity index (χ1n) is 5.70. The average molecular weight is 259 g/mol. The van der Waals surface area contributed by atoms with Crippen molar-refractivity contribution in [1.29, 1.82) is 0 Å². The largest absolute Gasteiger partial charge is 0.480 e. The number of rotatable bonds is 7. The SMILES string of the molecule is O=C(CNC(=O)N[C@H](CCO)C(=O)O)NC1CC1. The Balaban J connectivity index is 2.21. The molecule has 0 bridgehead atoms. The summed E-state index contributed by atoms with van der Waals surface area (Å²) in [5.41, 5.74) is 0. The molecule has 1 rings (SSSR count). The fourth-order valence-electron chi connectivity index (χ4n) is 1.26. The lowest BCUT2D eigenvalue weighted by Crippen LogP contribution is -2.48. The van der Waals surface area contributed by atoms with Crippen LogP contribution in [-0.4, -0.2) is 53.4 Å². The van der Waals surface area contributed by atoms with E-state index in [0.29, 0.717) is 0 Å². The summed E-state index contributed by atoms with van der Waals surface area (Å²) in [6, 6.07) is -1.70. The van der Waals surface area contributed by atoms with Gasteiger partial charge in [-0.15, -0.1) is 0 Å². The summed E-state index contributed by atoms with van der Waals surface area (Å²) in [5, 5.41) is 24.4. The molecule has 0 aliphatic heterocycles. The van der Waals surface area contributed by atoms with Crippen LogP contribution < -0.4 is 16.0 Å². The van der Waals surface area contributed by atoms with Gasteiger partial charge in [0.15, 0.2) is 0 Å². The van der Waals surface area contributed by atoms with Crippen molar-refractivity contribution < 1.29 is 24.6 Å². The standard InChI is InChI=1S/C10H17N3O5/c14-4-3-7(9(16)17)13-10(18)11-5-8(15)12-6-1-2-6/h6-7,14H,1-5H2,(H,12,15)(H,16,17)(H2,11,13,18)/t7-/m1/s1. The number of nitrogens with one attached hydrogen (secondary N) is 3. The molecule has 1 aliphatic carbocycles. The van der Waals surface area contributed by atoms with E-state index in [0.717, 1.165) is 12.8 Å². The van der Waals surface area contributed by atoms with Crippen molar-refractivity contribution in [2.45, 2.75) is 31.3 Å². The van der Waals surface area contributed by atoms with Gasteiger partial charge in [0, 0.05) is 19.1 Å². The van der Waals surface area contributed by atoms with Crippen LogP contribution in [0.2, 0.25) is 0 Å². The zero-order chi connectivity index (χ0) is 13.5. The predicted octanol–water partition coefficient (Wildman–Crippen LogP) is -1.60. The second kappa shape index (κ2) is 6.80. The van der Waals surface area contributed by atoms with E-state index in [-0.39, 0.29) is 31.5 Å². The molecule has 0 spiro atoms. The number of carboxylic acid groups (broad SMARTS) is 1. The maximum absolute atomic E-state index is 11.3. The molecular weight excluding hydrogens is 242 g/mol. The Bertz CT molecular complexity index is 329. The number of hydrogen-bond donors (Lipinski definition) is 5. The van der Waals surface area contributed by atoms with Gasteiger partial charge in [0.1, 0.15) is 6.04 Å². The van der Waals surface area contributed by atoms with Gasteiger partial charge in [-0.05, 0) is 12.8 Å². The second-order valence-electron chi connectivity index (χ2n) is 4.07. The van der Waals surface area contributed by atoms with Crippen molar-refractivity contribution in [3.8, 4) is 0 Å². The predicted molar refractivity (Wildman–Crippen MR) is 60.8 cm³/mol. The molecule has 0 radical (unpaired) electrons. The monoisotopic (exact) mass is 259 g/mol. The van der Waals surface area contributed by atoms with Crippen molar-refractivity contribution in [2.24, 2.45) is 0 Å². The number of aliphatic hydroxyl groups is 1. The quantitative estimate of drug-likeness (QED) is 0.376. The molecule has 0 saturated heterocycles. The number of hydrogen-bond acceptors (Lipinski definition) is 4. The Hall–Kier alpha value is -1.83. The van der Waals surface area contributed by atoms with Gasteiger partial charge in [-0.2, -0.15) is 0 Å². The second-order valence-corrected chi connectivity index (χ2v) is 4.07. The molecule has 5 N–H and O–H groups in total. The topological polar surface area (TPSA) is 128 Å². The minimum Gasteiger partial charge on any atom is -0.480 e. The normalized spacial score (nSPS) is 15.6. The lowest BCUT2D eigenvalue weighted by molar-refractivity contribution is -0.139. The van der Waals surface area contributed by atoms with Crippen molar-refractivity contribution in [2.75, 3.05) is 13.2 Å². The van der Waals surface area contributed by atoms with E-state index >= 15 is 0 Å². The van der Waals surface area contributed by atoms with E-state index in [1.807, 2.05) is 0 Å². The zero-order valence-corrected chi connectivity index (χ0v) is 9.81. The number of amides is 3. The number of aliphatic hydroxyl groups excluding tert-OH is 1. The highest BCUT2D eigenvalue weighted by Gasteiger charge is 2.23. The fourth-order valence-corrected chi connectivity index (χ4v) is 1.26. The number of aliphatic carboxylic acids is 1. The van der Waals surface area contributed by atoms with Crippen LogP contribution in [0.15, 0.2) is 0 Å². The summed E-state index contributed by atoms with van der Waals surface area (Å²) in [4.78, 5) is 33.2. The summed E-state index contributed by atoms with van der Waals surface area (Å²) < 4.78 is 0. The van der Waals surface area contributed by atoms with E-state index in [4.69, 9.17) is 10.2 Å². The molecule has 102 valence electrons. The number of carbonyl (C=O) groups is 3. The summed E-state index contributed by atoms with van der Waals surface area (Å²) in [6.07, 6.45) is 1.82. The smallest absolute Gasteiger partial charge is 0.326 e. The van der Waals surface area contributed by atoms with E-state index < -0.39 is 18.0 Å². The summed E-state index contributed by atoms with van der Waals surface area (Å²) in [5.74, 6) is -1.54. The maximum atomic E-state index is 11.3. The third kappa shape index (κ3) is 5.48. The van der Waals surface area contributed by atoms with Crippen molar-refractivity contribution in [1.82, 2.24) is 16.0 Å². The third-order valence-electron chi connectivity index (χ3n) is 2.37. The van der Waals surface area contributed by atoms with Crippen molar-refractivity contribution in [3.05, 3.63) is 0 Å². The lowest BCUT2D eigenvalue weighted by atomic mass is 10.2. The average Bonchev–Trinajstić information content (AvgIpc) is 3.09. The number of urea groups is 1. The Morgan fingerprint density at radius 1 is 1.28 bits per heavy atom. The summed E-state index contributed by atoms with van der Waals surface area (Å²) in [6.45, 7) is -0.548. The maximum Gasteiger partial charge on any atom is 0.326 e. The van der Waals surface area contributed by atoms with Gasteiger partial charge in [0.2, 0.25) is 5.91 Å². The van der Waals surface area contributed by atoms with Gasteiger partial charge in [-0.3, -0.25) is 4.79 Å². The molecule has 0 aromatic rings. The Kier molecular flexibility index (Phi) is 5.37. The number of carbonyl (C=O) groups excluding carboxylic acids is 2. The van der Waals surface area contributed by atoms with Crippen LogP contribution in [0.3, 0.4) is 0 Å². The molecular formula is C10H17N3O5. The molecule has 0 aromatic carbocycles. The molecule has 1 atom stereocenters. The van der Waals surface area contributed by atoms with Crippen LogP contribution in [0.1, 0.15) is 19.3 Å². The molecule has 1 saturated carbocycles. The highest BCUT2D eigenvalue weighted by atomic mass is 16.4. The first kappa shape index (κ1) is 14.2. The van der Waals surface area contributed by atoms with Gasteiger partial charge < -0.3 is 26.2 Å². The first-order chi connectivity index (χ1) is 8.52. The summed E-state index contributed by atoms with van der Waals surface area (Å²) in [7, 11) is 0. The van der Waals surface area contributed by atoms with Crippen LogP contribution in [-0.2, 0) is 9.59 Å². The van der Waals surface area contributed by atoms with E-state index in [1.165, 1.54) is 0 Å². The van der Waals surface area contributed by atoms with Crippen LogP contribution in [0, 0.1) is 0 Å². The van der Waals surface area contributed by atoms with E-state index in [2.05, 4.69) is 16.0 Å².